The lowest BCUT2D eigenvalue weighted by atomic mass is 9.85. The number of benzene rings is 1. The second-order valence-corrected chi connectivity index (χ2v) is 5.58. The van der Waals surface area contributed by atoms with Crippen LogP contribution < -0.4 is 10.5 Å². The summed E-state index contributed by atoms with van der Waals surface area (Å²) in [5.41, 5.74) is 8.04. The lowest BCUT2D eigenvalue weighted by molar-refractivity contribution is 0.336. The molecule has 0 aliphatic heterocycles. The highest BCUT2D eigenvalue weighted by atomic mass is 35.5. The van der Waals surface area contributed by atoms with Crippen molar-refractivity contribution in [3.8, 4) is 5.75 Å². The van der Waals surface area contributed by atoms with Crippen LogP contribution in [-0.4, -0.2) is 13.2 Å². The standard InChI is InChI=1S/C14H22ClNO/c1-5-17-13-10(6-7-16)8-11(9-12(13)15)14(2,3)4/h8-9H,5-7,16H2,1-4H3. The van der Waals surface area contributed by atoms with Crippen molar-refractivity contribution in [2.45, 2.75) is 39.5 Å². The van der Waals surface area contributed by atoms with Crippen molar-refractivity contribution in [2.24, 2.45) is 5.73 Å². The van der Waals surface area contributed by atoms with E-state index in [2.05, 4.69) is 26.8 Å². The molecule has 0 radical (unpaired) electrons. The summed E-state index contributed by atoms with van der Waals surface area (Å²) in [6.07, 6.45) is 0.791. The molecule has 0 aliphatic carbocycles. The molecule has 0 saturated carbocycles. The van der Waals surface area contributed by atoms with Gasteiger partial charge in [0.1, 0.15) is 5.75 Å². The van der Waals surface area contributed by atoms with Gasteiger partial charge in [-0.1, -0.05) is 38.4 Å². The molecule has 1 rings (SSSR count). The zero-order valence-corrected chi connectivity index (χ0v) is 11.9. The number of nitrogens with two attached hydrogens (primary N) is 1. The van der Waals surface area contributed by atoms with Crippen LogP contribution in [0.15, 0.2) is 12.1 Å². The SMILES string of the molecule is CCOc1c(Cl)cc(C(C)(C)C)cc1CCN. The second-order valence-electron chi connectivity index (χ2n) is 5.17. The highest BCUT2D eigenvalue weighted by molar-refractivity contribution is 6.32. The first kappa shape index (κ1) is 14.3. The van der Waals surface area contributed by atoms with Gasteiger partial charge >= 0.3 is 0 Å². The molecule has 0 fully saturated rings. The fourth-order valence-electron chi connectivity index (χ4n) is 1.73. The fraction of sp³-hybridized carbons (Fsp3) is 0.571. The maximum absolute atomic E-state index is 6.29. The van der Waals surface area contributed by atoms with Crippen LogP contribution in [0.4, 0.5) is 0 Å². The molecule has 0 amide bonds. The molecule has 1 aromatic carbocycles. The summed E-state index contributed by atoms with van der Waals surface area (Å²) in [4.78, 5) is 0. The largest absolute Gasteiger partial charge is 0.492 e. The Balaban J connectivity index is 3.25. The first-order valence-electron chi connectivity index (χ1n) is 6.06. The van der Waals surface area contributed by atoms with Gasteiger partial charge in [0.25, 0.3) is 0 Å². The van der Waals surface area contributed by atoms with E-state index in [0.717, 1.165) is 17.7 Å². The van der Waals surface area contributed by atoms with Crippen molar-refractivity contribution in [3.63, 3.8) is 0 Å². The highest BCUT2D eigenvalue weighted by Crippen LogP contribution is 2.35. The summed E-state index contributed by atoms with van der Waals surface area (Å²) in [7, 11) is 0. The summed E-state index contributed by atoms with van der Waals surface area (Å²) < 4.78 is 5.60. The monoisotopic (exact) mass is 255 g/mol. The number of halogens is 1. The molecule has 3 heteroatoms. The predicted octanol–water partition coefficient (Wildman–Crippen LogP) is 3.54. The Kier molecular flexibility index (Phi) is 4.84. The molecule has 0 unspecified atom stereocenters. The minimum Gasteiger partial charge on any atom is -0.492 e. The number of hydrogen-bond donors (Lipinski definition) is 1. The Morgan fingerprint density at radius 1 is 1.29 bits per heavy atom. The van der Waals surface area contributed by atoms with Crippen LogP contribution in [0, 0.1) is 0 Å². The molecule has 0 saturated heterocycles. The Morgan fingerprint density at radius 2 is 1.94 bits per heavy atom. The second kappa shape index (κ2) is 5.74. The van der Waals surface area contributed by atoms with Gasteiger partial charge in [0.15, 0.2) is 0 Å². The summed E-state index contributed by atoms with van der Waals surface area (Å²) >= 11 is 6.29. The Bertz CT molecular complexity index is 383. The molecule has 1 aromatic rings. The molecule has 0 bridgehead atoms. The van der Waals surface area contributed by atoms with Crippen molar-refractivity contribution >= 4 is 11.6 Å². The highest BCUT2D eigenvalue weighted by Gasteiger charge is 2.18. The zero-order valence-electron chi connectivity index (χ0n) is 11.1. The van der Waals surface area contributed by atoms with Crippen molar-refractivity contribution in [2.75, 3.05) is 13.2 Å². The van der Waals surface area contributed by atoms with Gasteiger partial charge in [0.05, 0.1) is 11.6 Å². The summed E-state index contributed by atoms with van der Waals surface area (Å²) in [5, 5.41) is 0.683. The Hall–Kier alpha value is -0.730. The molecule has 0 aromatic heterocycles. The molecular weight excluding hydrogens is 234 g/mol. The van der Waals surface area contributed by atoms with Crippen LogP contribution in [0.3, 0.4) is 0 Å². The van der Waals surface area contributed by atoms with Crippen LogP contribution in [0.1, 0.15) is 38.8 Å². The smallest absolute Gasteiger partial charge is 0.141 e. The van der Waals surface area contributed by atoms with Crippen molar-refractivity contribution in [3.05, 3.63) is 28.3 Å². The van der Waals surface area contributed by atoms with Gasteiger partial charge in [0.2, 0.25) is 0 Å². The van der Waals surface area contributed by atoms with E-state index in [0.29, 0.717) is 18.2 Å². The molecule has 0 spiro atoms. The minimum atomic E-state index is 0.0811. The maximum Gasteiger partial charge on any atom is 0.141 e. The quantitative estimate of drug-likeness (QED) is 0.893. The number of hydrogen-bond acceptors (Lipinski definition) is 2. The normalized spacial score (nSPS) is 11.6. The van der Waals surface area contributed by atoms with Gasteiger partial charge in [-0.05, 0) is 42.5 Å². The van der Waals surface area contributed by atoms with Crippen LogP contribution in [0.5, 0.6) is 5.75 Å². The molecule has 17 heavy (non-hydrogen) atoms. The molecule has 0 heterocycles. The molecule has 2 N–H and O–H groups in total. The van der Waals surface area contributed by atoms with E-state index in [1.54, 1.807) is 0 Å². The van der Waals surface area contributed by atoms with Crippen molar-refractivity contribution < 1.29 is 4.74 Å². The molecular formula is C14H22ClNO. The summed E-state index contributed by atoms with van der Waals surface area (Å²) in [6.45, 7) is 9.69. The Labute approximate surface area is 109 Å². The number of rotatable bonds is 4. The van der Waals surface area contributed by atoms with E-state index in [-0.39, 0.29) is 5.41 Å². The maximum atomic E-state index is 6.29. The topological polar surface area (TPSA) is 35.2 Å². The van der Waals surface area contributed by atoms with Gasteiger partial charge < -0.3 is 10.5 Å². The van der Waals surface area contributed by atoms with Gasteiger partial charge in [-0.15, -0.1) is 0 Å². The third kappa shape index (κ3) is 3.62. The van der Waals surface area contributed by atoms with Crippen LogP contribution >= 0.6 is 11.6 Å². The summed E-state index contributed by atoms with van der Waals surface area (Å²) in [5.74, 6) is 0.785. The molecule has 96 valence electrons. The van der Waals surface area contributed by atoms with E-state index in [9.17, 15) is 0 Å². The van der Waals surface area contributed by atoms with E-state index >= 15 is 0 Å². The average molecular weight is 256 g/mol. The van der Waals surface area contributed by atoms with E-state index in [4.69, 9.17) is 22.1 Å². The zero-order chi connectivity index (χ0) is 13.1. The van der Waals surface area contributed by atoms with Crippen LogP contribution in [0.2, 0.25) is 5.02 Å². The third-order valence-corrected chi connectivity index (χ3v) is 2.97. The van der Waals surface area contributed by atoms with Gasteiger partial charge in [-0.25, -0.2) is 0 Å². The fourth-order valence-corrected chi connectivity index (χ4v) is 2.02. The van der Waals surface area contributed by atoms with Gasteiger partial charge in [-0.3, -0.25) is 0 Å². The van der Waals surface area contributed by atoms with E-state index in [1.165, 1.54) is 5.56 Å². The Morgan fingerprint density at radius 3 is 2.41 bits per heavy atom. The number of ether oxygens (including phenoxy) is 1. The predicted molar refractivity (Wildman–Crippen MR) is 74.1 cm³/mol. The van der Waals surface area contributed by atoms with Crippen LogP contribution in [-0.2, 0) is 11.8 Å². The minimum absolute atomic E-state index is 0.0811. The van der Waals surface area contributed by atoms with Gasteiger partial charge in [0, 0.05) is 0 Å². The van der Waals surface area contributed by atoms with Crippen molar-refractivity contribution in [1.82, 2.24) is 0 Å². The van der Waals surface area contributed by atoms with Crippen LogP contribution in [0.25, 0.3) is 0 Å². The first-order valence-corrected chi connectivity index (χ1v) is 6.43. The average Bonchev–Trinajstić information content (AvgIpc) is 2.21. The lowest BCUT2D eigenvalue weighted by Crippen LogP contribution is -2.13. The third-order valence-electron chi connectivity index (χ3n) is 2.69. The molecule has 0 aliphatic rings. The molecule has 2 nitrogen and oxygen atoms in total. The van der Waals surface area contributed by atoms with Gasteiger partial charge in [-0.2, -0.15) is 0 Å². The molecule has 0 atom stereocenters. The van der Waals surface area contributed by atoms with Crippen molar-refractivity contribution in [1.29, 1.82) is 0 Å². The summed E-state index contributed by atoms with van der Waals surface area (Å²) in [6, 6.07) is 4.15. The van der Waals surface area contributed by atoms with E-state index < -0.39 is 0 Å². The van der Waals surface area contributed by atoms with E-state index in [1.807, 2.05) is 13.0 Å². The first-order chi connectivity index (χ1) is 7.90. The lowest BCUT2D eigenvalue weighted by Gasteiger charge is -2.22.